The Kier molecular flexibility index (Phi) is 6.96. The van der Waals surface area contributed by atoms with Crippen molar-refractivity contribution < 1.29 is 9.84 Å². The minimum Gasteiger partial charge on any atom is -0.389 e. The number of hydrogen-bond donors (Lipinski definition) is 2. The molecular formula is C17H35NO2. The fourth-order valence-corrected chi connectivity index (χ4v) is 3.02. The van der Waals surface area contributed by atoms with Gasteiger partial charge in [0.1, 0.15) is 0 Å². The van der Waals surface area contributed by atoms with Gasteiger partial charge in [-0.15, -0.1) is 0 Å². The monoisotopic (exact) mass is 285 g/mol. The first kappa shape index (κ1) is 17.9. The van der Waals surface area contributed by atoms with Gasteiger partial charge < -0.3 is 15.2 Å². The molecule has 3 heteroatoms. The predicted octanol–water partition coefficient (Wildman–Crippen LogP) is 3.21. The van der Waals surface area contributed by atoms with E-state index in [4.69, 9.17) is 4.74 Å². The Balaban J connectivity index is 2.37. The fraction of sp³-hybridized carbons (Fsp3) is 1.00. The smallest absolute Gasteiger partial charge is 0.0898 e. The molecule has 1 fully saturated rings. The van der Waals surface area contributed by atoms with Crippen LogP contribution >= 0.6 is 0 Å². The Morgan fingerprint density at radius 2 is 1.90 bits per heavy atom. The Labute approximate surface area is 125 Å². The highest BCUT2D eigenvalue weighted by molar-refractivity contribution is 4.82. The minimum atomic E-state index is -0.417. The first-order valence-corrected chi connectivity index (χ1v) is 8.23. The predicted molar refractivity (Wildman–Crippen MR) is 84.8 cm³/mol. The van der Waals surface area contributed by atoms with Gasteiger partial charge in [0.15, 0.2) is 0 Å². The van der Waals surface area contributed by atoms with Crippen LogP contribution in [0.1, 0.15) is 60.8 Å². The molecule has 0 aromatic heterocycles. The Hall–Kier alpha value is -0.120. The van der Waals surface area contributed by atoms with Crippen molar-refractivity contribution in [3.05, 3.63) is 0 Å². The highest BCUT2D eigenvalue weighted by atomic mass is 16.5. The van der Waals surface area contributed by atoms with Gasteiger partial charge in [0, 0.05) is 12.1 Å². The zero-order valence-corrected chi connectivity index (χ0v) is 14.3. The Morgan fingerprint density at radius 1 is 1.25 bits per heavy atom. The molecule has 0 bridgehead atoms. The maximum absolute atomic E-state index is 10.0. The van der Waals surface area contributed by atoms with E-state index in [2.05, 4.69) is 46.9 Å². The Morgan fingerprint density at radius 3 is 2.45 bits per heavy atom. The quantitative estimate of drug-likeness (QED) is 0.787. The lowest BCUT2D eigenvalue weighted by Crippen LogP contribution is -2.43. The molecule has 0 aromatic rings. The van der Waals surface area contributed by atoms with E-state index in [1.165, 1.54) is 12.8 Å². The molecule has 1 saturated carbocycles. The summed E-state index contributed by atoms with van der Waals surface area (Å²) in [5, 5.41) is 13.4. The van der Waals surface area contributed by atoms with Crippen LogP contribution in [0.15, 0.2) is 0 Å². The molecule has 1 aliphatic carbocycles. The van der Waals surface area contributed by atoms with Crippen molar-refractivity contribution >= 4 is 0 Å². The van der Waals surface area contributed by atoms with Crippen molar-refractivity contribution in [3.63, 3.8) is 0 Å². The lowest BCUT2D eigenvalue weighted by atomic mass is 9.75. The average molecular weight is 285 g/mol. The van der Waals surface area contributed by atoms with Crippen LogP contribution in [0.25, 0.3) is 0 Å². The van der Waals surface area contributed by atoms with Gasteiger partial charge in [-0.3, -0.25) is 0 Å². The number of nitrogens with one attached hydrogen (secondary N) is 1. The van der Waals surface area contributed by atoms with Gasteiger partial charge in [0.05, 0.1) is 18.8 Å². The van der Waals surface area contributed by atoms with E-state index in [1.807, 2.05) is 0 Å². The molecule has 0 saturated heterocycles. The third-order valence-corrected chi connectivity index (χ3v) is 4.33. The van der Waals surface area contributed by atoms with Gasteiger partial charge in [-0.25, -0.2) is 0 Å². The molecule has 2 N–H and O–H groups in total. The minimum absolute atomic E-state index is 0.0425. The topological polar surface area (TPSA) is 41.5 Å². The van der Waals surface area contributed by atoms with E-state index < -0.39 is 6.10 Å². The molecule has 0 amide bonds. The zero-order valence-electron chi connectivity index (χ0n) is 14.3. The number of hydrogen-bond acceptors (Lipinski definition) is 3. The lowest BCUT2D eigenvalue weighted by Gasteiger charge is -2.37. The molecule has 3 nitrogen and oxygen atoms in total. The Bertz CT molecular complexity index is 273. The molecule has 0 aliphatic heterocycles. The third kappa shape index (κ3) is 6.55. The standard InChI is InChI=1S/C17H35NO2/c1-12(2)15-8-7-13(3)9-16(15)20-11-14(19)10-18-17(4,5)6/h12-16,18-19H,7-11H2,1-6H3/t13-,14-,15+,16-/m1/s1. The number of aliphatic hydroxyl groups excluding tert-OH is 1. The van der Waals surface area contributed by atoms with Crippen molar-refractivity contribution in [1.82, 2.24) is 5.32 Å². The first-order chi connectivity index (χ1) is 9.19. The summed E-state index contributed by atoms with van der Waals surface area (Å²) in [7, 11) is 0. The van der Waals surface area contributed by atoms with Crippen LogP contribution in [-0.2, 0) is 4.74 Å². The zero-order chi connectivity index (χ0) is 15.3. The molecule has 1 aliphatic rings. The number of rotatable bonds is 6. The number of β-amino-alcohol motifs (C(OH)–C–C–N with tert-alkyl or cyclic N) is 1. The van der Waals surface area contributed by atoms with E-state index >= 15 is 0 Å². The molecule has 0 heterocycles. The summed E-state index contributed by atoms with van der Waals surface area (Å²) < 4.78 is 6.06. The van der Waals surface area contributed by atoms with Crippen molar-refractivity contribution in [2.45, 2.75) is 78.6 Å². The molecule has 0 spiro atoms. The van der Waals surface area contributed by atoms with Crippen molar-refractivity contribution in [3.8, 4) is 0 Å². The molecular weight excluding hydrogens is 250 g/mol. The normalized spacial score (nSPS) is 29.7. The summed E-state index contributed by atoms with van der Waals surface area (Å²) in [4.78, 5) is 0. The molecule has 20 heavy (non-hydrogen) atoms. The summed E-state index contributed by atoms with van der Waals surface area (Å²) in [5.74, 6) is 2.06. The van der Waals surface area contributed by atoms with Gasteiger partial charge in [-0.05, 0) is 51.4 Å². The van der Waals surface area contributed by atoms with Crippen molar-refractivity contribution in [2.24, 2.45) is 17.8 Å². The molecule has 4 atom stereocenters. The maximum atomic E-state index is 10.0. The van der Waals surface area contributed by atoms with Gasteiger partial charge in [-0.1, -0.05) is 27.2 Å². The second kappa shape index (κ2) is 7.77. The van der Waals surface area contributed by atoms with Crippen molar-refractivity contribution in [2.75, 3.05) is 13.2 Å². The van der Waals surface area contributed by atoms with Crippen molar-refractivity contribution in [1.29, 1.82) is 0 Å². The van der Waals surface area contributed by atoms with Crippen LogP contribution in [0.4, 0.5) is 0 Å². The van der Waals surface area contributed by atoms with E-state index in [1.54, 1.807) is 0 Å². The highest BCUT2D eigenvalue weighted by Crippen LogP contribution is 2.35. The molecule has 0 radical (unpaired) electrons. The van der Waals surface area contributed by atoms with Crippen LogP contribution in [0.2, 0.25) is 0 Å². The van der Waals surface area contributed by atoms with E-state index in [-0.39, 0.29) is 5.54 Å². The van der Waals surface area contributed by atoms with Crippen LogP contribution in [-0.4, -0.2) is 36.0 Å². The molecule has 0 aromatic carbocycles. The molecule has 1 rings (SSSR count). The summed E-state index contributed by atoms with van der Waals surface area (Å²) in [6, 6.07) is 0. The molecule has 120 valence electrons. The number of aliphatic hydroxyl groups is 1. The van der Waals surface area contributed by atoms with Crippen LogP contribution < -0.4 is 5.32 Å². The van der Waals surface area contributed by atoms with Gasteiger partial charge in [-0.2, -0.15) is 0 Å². The third-order valence-electron chi connectivity index (χ3n) is 4.33. The van der Waals surface area contributed by atoms with Crippen LogP contribution in [0, 0.1) is 17.8 Å². The molecule has 0 unspecified atom stereocenters. The summed E-state index contributed by atoms with van der Waals surface area (Å²) in [6.45, 7) is 14.3. The summed E-state index contributed by atoms with van der Waals surface area (Å²) in [6.07, 6.45) is 3.63. The van der Waals surface area contributed by atoms with E-state index in [0.717, 1.165) is 12.3 Å². The highest BCUT2D eigenvalue weighted by Gasteiger charge is 2.31. The van der Waals surface area contributed by atoms with Gasteiger partial charge in [0.25, 0.3) is 0 Å². The SMILES string of the molecule is CC(C)[C@@H]1CC[C@@H](C)C[C@H]1OC[C@H](O)CNC(C)(C)C. The fourth-order valence-electron chi connectivity index (χ4n) is 3.02. The lowest BCUT2D eigenvalue weighted by molar-refractivity contribution is -0.0689. The van der Waals surface area contributed by atoms with Crippen LogP contribution in [0.3, 0.4) is 0 Å². The van der Waals surface area contributed by atoms with Gasteiger partial charge in [0.2, 0.25) is 0 Å². The second-order valence-electron chi connectivity index (χ2n) is 7.98. The second-order valence-corrected chi connectivity index (χ2v) is 7.98. The van der Waals surface area contributed by atoms with E-state index in [9.17, 15) is 5.11 Å². The average Bonchev–Trinajstić information content (AvgIpc) is 2.32. The first-order valence-electron chi connectivity index (χ1n) is 8.23. The van der Waals surface area contributed by atoms with E-state index in [0.29, 0.717) is 31.1 Å². The summed E-state index contributed by atoms with van der Waals surface area (Å²) >= 11 is 0. The van der Waals surface area contributed by atoms with Gasteiger partial charge >= 0.3 is 0 Å². The maximum Gasteiger partial charge on any atom is 0.0898 e. The largest absolute Gasteiger partial charge is 0.389 e. The van der Waals surface area contributed by atoms with Crippen LogP contribution in [0.5, 0.6) is 0 Å². The summed E-state index contributed by atoms with van der Waals surface area (Å²) in [5.41, 5.74) is 0.0425. The number of ether oxygens (including phenoxy) is 1.